The summed E-state index contributed by atoms with van der Waals surface area (Å²) in [5.41, 5.74) is 1.15. The van der Waals surface area contributed by atoms with Crippen LogP contribution in [0.15, 0.2) is 40.7 Å². The molecule has 0 unspecified atom stereocenters. The third-order valence-corrected chi connectivity index (χ3v) is 6.21. The summed E-state index contributed by atoms with van der Waals surface area (Å²) in [4.78, 5) is 8.38. The van der Waals surface area contributed by atoms with Crippen LogP contribution in [-0.4, -0.2) is 44.3 Å². The summed E-state index contributed by atoms with van der Waals surface area (Å²) in [5.74, 6) is 3.18. The van der Waals surface area contributed by atoms with Gasteiger partial charge in [-0.25, -0.2) is 0 Å². The summed E-state index contributed by atoms with van der Waals surface area (Å²) in [5, 5.41) is 9.04. The summed E-state index contributed by atoms with van der Waals surface area (Å²) >= 11 is 1.85. The molecule has 6 nitrogen and oxygen atoms in total. The summed E-state index contributed by atoms with van der Waals surface area (Å²) in [6, 6.07) is 10.4. The average molecular weight is 528 g/mol. The van der Waals surface area contributed by atoms with Crippen molar-refractivity contribution in [1.29, 1.82) is 0 Å². The second-order valence-electron chi connectivity index (χ2n) is 7.29. The number of halogens is 1. The van der Waals surface area contributed by atoms with E-state index in [0.29, 0.717) is 19.3 Å². The fraction of sp³-hybridized carbons (Fsp3) is 0.476. The largest absolute Gasteiger partial charge is 0.454 e. The monoisotopic (exact) mass is 528 g/mol. The van der Waals surface area contributed by atoms with Gasteiger partial charge in [-0.2, -0.15) is 0 Å². The van der Waals surface area contributed by atoms with Crippen LogP contribution in [0.3, 0.4) is 0 Å². The van der Waals surface area contributed by atoms with Crippen LogP contribution in [0.25, 0.3) is 0 Å². The summed E-state index contributed by atoms with van der Waals surface area (Å²) in [7, 11) is 1.82. The summed E-state index contributed by atoms with van der Waals surface area (Å²) in [6.07, 6.45) is 2.47. The molecule has 0 atom stereocenters. The number of hydrogen-bond donors (Lipinski definition) is 2. The summed E-state index contributed by atoms with van der Waals surface area (Å²) in [6.45, 7) is 5.42. The van der Waals surface area contributed by atoms with Crippen molar-refractivity contribution in [2.24, 2.45) is 10.9 Å². The quantitative estimate of drug-likeness (QED) is 0.341. The maximum Gasteiger partial charge on any atom is 0.231 e. The first-order valence-electron chi connectivity index (χ1n) is 9.88. The van der Waals surface area contributed by atoms with Crippen molar-refractivity contribution in [1.82, 2.24) is 15.5 Å². The van der Waals surface area contributed by atoms with Gasteiger partial charge < -0.3 is 20.1 Å². The Morgan fingerprint density at radius 2 is 2.00 bits per heavy atom. The van der Waals surface area contributed by atoms with Crippen LogP contribution in [0.1, 0.15) is 23.3 Å². The number of benzene rings is 1. The molecule has 8 heteroatoms. The van der Waals surface area contributed by atoms with Crippen LogP contribution in [0.4, 0.5) is 0 Å². The van der Waals surface area contributed by atoms with Gasteiger partial charge in [-0.15, -0.1) is 35.3 Å². The molecule has 1 aromatic heterocycles. The molecule has 2 aliphatic rings. The predicted molar refractivity (Wildman–Crippen MR) is 129 cm³/mol. The smallest absolute Gasteiger partial charge is 0.231 e. The van der Waals surface area contributed by atoms with Gasteiger partial charge in [0.05, 0.1) is 0 Å². The SMILES string of the molecule is CN=C(NCc1ccc2c(c1)OCO2)NCC1CCN(Cc2cccs2)CC1.I. The zero-order valence-electron chi connectivity index (χ0n) is 16.7. The van der Waals surface area contributed by atoms with E-state index in [1.165, 1.54) is 30.8 Å². The van der Waals surface area contributed by atoms with Crippen LogP contribution < -0.4 is 20.1 Å². The number of rotatable bonds is 6. The topological polar surface area (TPSA) is 58.1 Å². The molecule has 1 aromatic carbocycles. The molecule has 1 fully saturated rings. The molecule has 3 heterocycles. The Hall–Kier alpha value is -1.52. The van der Waals surface area contributed by atoms with Crippen molar-refractivity contribution in [3.8, 4) is 11.5 Å². The maximum atomic E-state index is 5.44. The number of fused-ring (bicyclic) bond motifs is 1. The van der Waals surface area contributed by atoms with Gasteiger partial charge in [-0.05, 0) is 61.0 Å². The first kappa shape index (κ1) is 22.2. The first-order valence-corrected chi connectivity index (χ1v) is 10.8. The number of likely N-dealkylation sites (tertiary alicyclic amines) is 1. The van der Waals surface area contributed by atoms with Crippen LogP contribution >= 0.6 is 35.3 Å². The standard InChI is InChI=1S/C21H28N4O2S.HI/c1-22-21(24-13-17-4-5-19-20(11-17)27-15-26-19)23-12-16-6-8-25(9-7-16)14-18-3-2-10-28-18;/h2-5,10-11,16H,6-9,12-15H2,1H3,(H2,22,23,24);1H. The molecule has 158 valence electrons. The normalized spacial score (nSPS) is 17.1. The Balaban J connectivity index is 0.00000240. The number of thiophene rings is 1. The van der Waals surface area contributed by atoms with Gasteiger partial charge in [0.1, 0.15) is 0 Å². The number of nitrogens with one attached hydrogen (secondary N) is 2. The van der Waals surface area contributed by atoms with Crippen molar-refractivity contribution >= 4 is 41.3 Å². The number of ether oxygens (including phenoxy) is 2. The third kappa shape index (κ3) is 6.23. The zero-order chi connectivity index (χ0) is 19.2. The number of guanidine groups is 1. The van der Waals surface area contributed by atoms with Crippen molar-refractivity contribution in [3.63, 3.8) is 0 Å². The Kier molecular flexibility index (Phi) is 8.43. The van der Waals surface area contributed by atoms with Gasteiger partial charge in [0.15, 0.2) is 17.5 Å². The second kappa shape index (κ2) is 11.0. The highest BCUT2D eigenvalue weighted by molar-refractivity contribution is 14.0. The summed E-state index contributed by atoms with van der Waals surface area (Å²) < 4.78 is 10.8. The highest BCUT2D eigenvalue weighted by Crippen LogP contribution is 2.32. The molecule has 0 amide bonds. The third-order valence-electron chi connectivity index (χ3n) is 5.35. The molecule has 1 saturated heterocycles. The molecule has 2 N–H and O–H groups in total. The lowest BCUT2D eigenvalue weighted by Crippen LogP contribution is -2.42. The van der Waals surface area contributed by atoms with E-state index in [1.54, 1.807) is 0 Å². The molecule has 0 bridgehead atoms. The lowest BCUT2D eigenvalue weighted by molar-refractivity contribution is 0.174. The van der Waals surface area contributed by atoms with Gasteiger partial charge >= 0.3 is 0 Å². The lowest BCUT2D eigenvalue weighted by atomic mass is 9.97. The predicted octanol–water partition coefficient (Wildman–Crippen LogP) is 3.67. The van der Waals surface area contributed by atoms with Crippen molar-refractivity contribution in [2.75, 3.05) is 33.5 Å². The maximum absolute atomic E-state index is 5.44. The second-order valence-corrected chi connectivity index (χ2v) is 8.33. The van der Waals surface area contributed by atoms with Gasteiger partial charge in [-0.1, -0.05) is 12.1 Å². The van der Waals surface area contributed by atoms with Crippen LogP contribution in [-0.2, 0) is 13.1 Å². The lowest BCUT2D eigenvalue weighted by Gasteiger charge is -2.32. The molecule has 0 spiro atoms. The number of piperidine rings is 1. The first-order chi connectivity index (χ1) is 13.8. The molecule has 29 heavy (non-hydrogen) atoms. The molecule has 4 rings (SSSR count). The van der Waals surface area contributed by atoms with Crippen molar-refractivity contribution < 1.29 is 9.47 Å². The Morgan fingerprint density at radius 1 is 1.17 bits per heavy atom. The van der Waals surface area contributed by atoms with E-state index < -0.39 is 0 Å². The average Bonchev–Trinajstić information content (AvgIpc) is 3.40. The Bertz CT molecular complexity index is 792. The van der Waals surface area contributed by atoms with Crippen LogP contribution in [0.5, 0.6) is 11.5 Å². The zero-order valence-corrected chi connectivity index (χ0v) is 19.9. The highest BCUT2D eigenvalue weighted by Gasteiger charge is 2.20. The highest BCUT2D eigenvalue weighted by atomic mass is 127. The molecule has 0 radical (unpaired) electrons. The van der Waals surface area contributed by atoms with Crippen molar-refractivity contribution in [3.05, 3.63) is 46.2 Å². The number of hydrogen-bond acceptors (Lipinski definition) is 5. The fourth-order valence-corrected chi connectivity index (χ4v) is 4.42. The van der Waals surface area contributed by atoms with E-state index in [0.717, 1.165) is 36.1 Å². The number of aliphatic imine (C=N–C) groups is 1. The minimum Gasteiger partial charge on any atom is -0.454 e. The molecule has 2 aliphatic heterocycles. The van der Waals surface area contributed by atoms with E-state index in [4.69, 9.17) is 9.47 Å². The molecular weight excluding hydrogens is 499 g/mol. The minimum absolute atomic E-state index is 0. The van der Waals surface area contributed by atoms with E-state index >= 15 is 0 Å². The molecule has 2 aromatic rings. The van der Waals surface area contributed by atoms with E-state index in [1.807, 2.05) is 30.5 Å². The van der Waals surface area contributed by atoms with E-state index in [9.17, 15) is 0 Å². The number of nitrogens with zero attached hydrogens (tertiary/aromatic N) is 2. The molecule has 0 saturated carbocycles. The molecular formula is C21H29IN4O2S. The van der Waals surface area contributed by atoms with Crippen molar-refractivity contribution in [2.45, 2.75) is 25.9 Å². The van der Waals surface area contributed by atoms with Gasteiger partial charge in [-0.3, -0.25) is 9.89 Å². The van der Waals surface area contributed by atoms with E-state index in [2.05, 4.69) is 44.1 Å². The van der Waals surface area contributed by atoms with Crippen LogP contribution in [0.2, 0.25) is 0 Å². The van der Waals surface area contributed by atoms with Gasteiger partial charge in [0.25, 0.3) is 0 Å². The molecule has 0 aliphatic carbocycles. The van der Waals surface area contributed by atoms with E-state index in [-0.39, 0.29) is 24.0 Å². The Morgan fingerprint density at radius 3 is 2.76 bits per heavy atom. The van der Waals surface area contributed by atoms with Crippen LogP contribution in [0, 0.1) is 5.92 Å². The van der Waals surface area contributed by atoms with Gasteiger partial charge in [0, 0.05) is 31.6 Å². The Labute approximate surface area is 193 Å². The fourth-order valence-electron chi connectivity index (χ4n) is 3.67. The van der Waals surface area contributed by atoms with Gasteiger partial charge in [0.2, 0.25) is 6.79 Å². The minimum atomic E-state index is 0.